The molecule has 4 rings (SSSR count). The second kappa shape index (κ2) is 7.68. The lowest BCUT2D eigenvalue weighted by Gasteiger charge is -2.34. The quantitative estimate of drug-likeness (QED) is 0.809. The van der Waals surface area contributed by atoms with Gasteiger partial charge in [0.15, 0.2) is 0 Å². The van der Waals surface area contributed by atoms with Gasteiger partial charge in [-0.05, 0) is 74.7 Å². The van der Waals surface area contributed by atoms with Crippen LogP contribution < -0.4 is 0 Å². The fourth-order valence-electron chi connectivity index (χ4n) is 4.75. The lowest BCUT2D eigenvalue weighted by molar-refractivity contribution is 0.0631. The van der Waals surface area contributed by atoms with E-state index in [2.05, 4.69) is 52.7 Å². The zero-order chi connectivity index (χ0) is 19.0. The lowest BCUT2D eigenvalue weighted by atomic mass is 9.88. The Hall–Kier alpha value is -1.79. The first kappa shape index (κ1) is 18.6. The first-order chi connectivity index (χ1) is 13.0. The molecule has 27 heavy (non-hydrogen) atoms. The van der Waals surface area contributed by atoms with Gasteiger partial charge >= 0.3 is 0 Å². The van der Waals surface area contributed by atoms with E-state index in [4.69, 9.17) is 0 Å². The van der Waals surface area contributed by atoms with E-state index in [1.165, 1.54) is 35.5 Å². The number of nitrogens with zero attached hydrogens (tertiary/aromatic N) is 4. The SMILES string of the molecule is Cc1ccccc1CN(C)[C@H]1C[C@H]2CCN(C(=O)c3snnc3C)C[C@H]2C1. The molecular weight excluding hydrogens is 356 g/mol. The Morgan fingerprint density at radius 2 is 2.04 bits per heavy atom. The highest BCUT2D eigenvalue weighted by molar-refractivity contribution is 7.07. The molecule has 2 fully saturated rings. The number of carbonyl (C=O) groups is 1. The zero-order valence-electron chi connectivity index (χ0n) is 16.4. The molecule has 1 amide bonds. The van der Waals surface area contributed by atoms with Gasteiger partial charge in [-0.2, -0.15) is 0 Å². The number of hydrogen-bond donors (Lipinski definition) is 0. The molecule has 1 aromatic heterocycles. The Kier molecular flexibility index (Phi) is 5.28. The standard InChI is InChI=1S/C21H28N4OS/c1-14-6-4-5-7-17(14)12-24(3)19-10-16-8-9-25(13-18(16)11-19)21(26)20-15(2)22-23-27-20/h4-7,16,18-19H,8-13H2,1-3H3/t16-,18-,19+/m1/s1. The molecular formula is C21H28N4OS. The second-order valence-corrected chi connectivity index (χ2v) is 8.97. The van der Waals surface area contributed by atoms with Gasteiger partial charge in [-0.25, -0.2) is 0 Å². The van der Waals surface area contributed by atoms with Crippen LogP contribution in [0.5, 0.6) is 0 Å². The summed E-state index contributed by atoms with van der Waals surface area (Å²) in [4.78, 5) is 18.1. The van der Waals surface area contributed by atoms with Crippen LogP contribution in [-0.2, 0) is 6.54 Å². The zero-order valence-corrected chi connectivity index (χ0v) is 17.2. The van der Waals surface area contributed by atoms with Crippen molar-refractivity contribution in [2.24, 2.45) is 11.8 Å². The molecule has 1 saturated carbocycles. The number of carbonyl (C=O) groups excluding carboxylic acids is 1. The molecule has 0 bridgehead atoms. The maximum Gasteiger partial charge on any atom is 0.267 e. The highest BCUT2D eigenvalue weighted by Gasteiger charge is 2.41. The number of hydrogen-bond acceptors (Lipinski definition) is 5. The number of piperidine rings is 1. The summed E-state index contributed by atoms with van der Waals surface area (Å²) >= 11 is 1.22. The summed E-state index contributed by atoms with van der Waals surface area (Å²) < 4.78 is 3.92. The number of benzene rings is 1. The van der Waals surface area contributed by atoms with Gasteiger partial charge in [0.25, 0.3) is 5.91 Å². The third-order valence-corrected chi connectivity index (χ3v) is 7.29. The Morgan fingerprint density at radius 3 is 2.78 bits per heavy atom. The first-order valence-electron chi connectivity index (χ1n) is 9.86. The van der Waals surface area contributed by atoms with Crippen LogP contribution in [0.3, 0.4) is 0 Å². The van der Waals surface area contributed by atoms with Crippen molar-refractivity contribution in [3.63, 3.8) is 0 Å². The number of likely N-dealkylation sites (tertiary alicyclic amines) is 1. The van der Waals surface area contributed by atoms with E-state index in [0.29, 0.717) is 16.8 Å². The van der Waals surface area contributed by atoms with Gasteiger partial charge in [0.2, 0.25) is 0 Å². The number of aromatic nitrogens is 2. The van der Waals surface area contributed by atoms with Gasteiger partial charge in [0.1, 0.15) is 4.88 Å². The second-order valence-electron chi connectivity index (χ2n) is 8.21. The molecule has 5 nitrogen and oxygen atoms in total. The molecule has 1 aromatic carbocycles. The smallest absolute Gasteiger partial charge is 0.267 e. The van der Waals surface area contributed by atoms with Gasteiger partial charge in [-0.1, -0.05) is 28.8 Å². The molecule has 3 atom stereocenters. The Bertz CT molecular complexity index is 820. The molecule has 0 radical (unpaired) electrons. The maximum absolute atomic E-state index is 12.8. The average molecular weight is 385 g/mol. The van der Waals surface area contributed by atoms with Crippen LogP contribution in [0, 0.1) is 25.7 Å². The van der Waals surface area contributed by atoms with E-state index in [9.17, 15) is 4.79 Å². The molecule has 6 heteroatoms. The van der Waals surface area contributed by atoms with E-state index in [0.717, 1.165) is 37.7 Å². The third-order valence-electron chi connectivity index (χ3n) is 6.48. The van der Waals surface area contributed by atoms with Crippen molar-refractivity contribution in [3.8, 4) is 0 Å². The summed E-state index contributed by atoms with van der Waals surface area (Å²) in [5, 5.41) is 4.00. The highest BCUT2D eigenvalue weighted by atomic mass is 32.1. The maximum atomic E-state index is 12.8. The van der Waals surface area contributed by atoms with Crippen molar-refractivity contribution in [1.82, 2.24) is 19.4 Å². The lowest BCUT2D eigenvalue weighted by Crippen LogP contribution is -2.42. The minimum Gasteiger partial charge on any atom is -0.338 e. The minimum absolute atomic E-state index is 0.123. The Morgan fingerprint density at radius 1 is 1.26 bits per heavy atom. The van der Waals surface area contributed by atoms with Crippen molar-refractivity contribution in [1.29, 1.82) is 0 Å². The predicted octanol–water partition coefficient (Wildman–Crippen LogP) is 3.53. The van der Waals surface area contributed by atoms with Gasteiger partial charge in [-0.15, -0.1) is 5.10 Å². The van der Waals surface area contributed by atoms with E-state index < -0.39 is 0 Å². The normalized spacial score (nSPS) is 25.0. The number of rotatable bonds is 4. The third kappa shape index (κ3) is 3.78. The number of amides is 1. The Balaban J connectivity index is 1.38. The largest absolute Gasteiger partial charge is 0.338 e. The summed E-state index contributed by atoms with van der Waals surface area (Å²) in [5.74, 6) is 1.49. The molecule has 1 aliphatic heterocycles. The van der Waals surface area contributed by atoms with Gasteiger partial charge in [0, 0.05) is 25.7 Å². The molecule has 0 N–H and O–H groups in total. The summed E-state index contributed by atoms with van der Waals surface area (Å²) in [7, 11) is 2.25. The molecule has 2 aromatic rings. The fourth-order valence-corrected chi connectivity index (χ4v) is 5.38. The van der Waals surface area contributed by atoms with Crippen LogP contribution in [0.1, 0.15) is 45.8 Å². The van der Waals surface area contributed by atoms with E-state index in [1.54, 1.807) is 0 Å². The van der Waals surface area contributed by atoms with Crippen molar-refractivity contribution in [3.05, 3.63) is 46.0 Å². The van der Waals surface area contributed by atoms with E-state index in [-0.39, 0.29) is 5.91 Å². The monoisotopic (exact) mass is 384 g/mol. The molecule has 1 aliphatic carbocycles. The summed E-state index contributed by atoms with van der Waals surface area (Å²) in [6.07, 6.45) is 3.57. The fraction of sp³-hybridized carbons (Fsp3) is 0.571. The number of fused-ring (bicyclic) bond motifs is 1. The van der Waals surface area contributed by atoms with Crippen molar-refractivity contribution < 1.29 is 4.79 Å². The molecule has 2 heterocycles. The van der Waals surface area contributed by atoms with E-state index >= 15 is 0 Å². The average Bonchev–Trinajstić information content (AvgIpc) is 3.28. The van der Waals surface area contributed by atoms with Crippen LogP contribution in [0.25, 0.3) is 0 Å². The van der Waals surface area contributed by atoms with Crippen LogP contribution >= 0.6 is 11.5 Å². The Labute approximate surface area is 165 Å². The topological polar surface area (TPSA) is 49.3 Å². The first-order valence-corrected chi connectivity index (χ1v) is 10.6. The van der Waals surface area contributed by atoms with E-state index in [1.807, 2.05) is 11.8 Å². The summed E-state index contributed by atoms with van der Waals surface area (Å²) in [6.45, 7) is 6.82. The minimum atomic E-state index is 0.123. The van der Waals surface area contributed by atoms with Crippen LogP contribution in [0.2, 0.25) is 0 Å². The molecule has 1 saturated heterocycles. The molecule has 144 valence electrons. The van der Waals surface area contributed by atoms with Gasteiger partial charge in [0.05, 0.1) is 5.69 Å². The van der Waals surface area contributed by atoms with Crippen LogP contribution in [-0.4, -0.2) is 51.5 Å². The molecule has 0 spiro atoms. The van der Waals surface area contributed by atoms with Crippen molar-refractivity contribution in [2.75, 3.05) is 20.1 Å². The van der Waals surface area contributed by atoms with Crippen molar-refractivity contribution in [2.45, 2.75) is 45.7 Å². The predicted molar refractivity (Wildman–Crippen MR) is 108 cm³/mol. The highest BCUT2D eigenvalue weighted by Crippen LogP contribution is 2.40. The molecule has 0 unspecified atom stereocenters. The van der Waals surface area contributed by atoms with Gasteiger partial charge < -0.3 is 4.90 Å². The summed E-state index contributed by atoms with van der Waals surface area (Å²) in [5.41, 5.74) is 3.54. The van der Waals surface area contributed by atoms with Crippen molar-refractivity contribution >= 4 is 17.4 Å². The number of aryl methyl sites for hydroxylation is 2. The van der Waals surface area contributed by atoms with Crippen LogP contribution in [0.4, 0.5) is 0 Å². The van der Waals surface area contributed by atoms with Crippen LogP contribution in [0.15, 0.2) is 24.3 Å². The molecule has 2 aliphatic rings. The summed E-state index contributed by atoms with van der Waals surface area (Å²) in [6, 6.07) is 9.28. The van der Waals surface area contributed by atoms with Gasteiger partial charge in [-0.3, -0.25) is 9.69 Å².